The number of benzene rings is 5. The number of hydrogen-bond acceptors (Lipinski definition) is 12. The van der Waals surface area contributed by atoms with Crippen molar-refractivity contribution in [1.82, 2.24) is 25.1 Å². The van der Waals surface area contributed by atoms with Gasteiger partial charge in [-0.25, -0.2) is 19.7 Å². The van der Waals surface area contributed by atoms with Crippen molar-refractivity contribution in [3.63, 3.8) is 0 Å². The predicted octanol–water partition coefficient (Wildman–Crippen LogP) is 7.77. The van der Waals surface area contributed by atoms with E-state index in [9.17, 15) is 10.2 Å². The molecule has 1 aromatic heterocycles. The third kappa shape index (κ3) is 9.24. The number of urea groups is 1. The molecular weight excluding hydrogens is 959 g/mol. The Hall–Kier alpha value is -7.90. The predicted molar refractivity (Wildman–Crippen MR) is 285 cm³/mol. The number of morpholine rings is 1. The number of nitrogens with zero attached hydrogens (tertiary/aromatic N) is 6. The number of aromatic nitrogens is 2. The van der Waals surface area contributed by atoms with E-state index in [1.807, 2.05) is 114 Å². The summed E-state index contributed by atoms with van der Waals surface area (Å²) in [6.07, 6.45) is 7.10. The first-order valence-corrected chi connectivity index (χ1v) is 26.4. The van der Waals surface area contributed by atoms with Crippen molar-refractivity contribution in [3.05, 3.63) is 185 Å². The van der Waals surface area contributed by atoms with Gasteiger partial charge in [0.15, 0.2) is 0 Å². The molecule has 76 heavy (non-hydrogen) atoms. The van der Waals surface area contributed by atoms with Gasteiger partial charge in [-0.3, -0.25) is 19.3 Å². The standard InChI is InChI=1S/C61H61N7O8/c1-41(43-17-7-4-8-18-43)64-59(73)67-49-26-25-42(27-30-60(74)28-13-2-3-14-29-60)39-48(49)61(57(67)72)50(55(70)65-33-35-66(36-34-65)58-62-31-16-32-63-58)52-56(71)76-53(45-21-11-6-12-22-45)51(44-19-9-5-10-20-44)68(52)54(61)46-23-15-24-47(40-46)75-38-37-69/h4-12,15-26,31-32,39-41,50-54,69,74H,2-3,13-14,28-29,33-38H2,1H3,(H,64,73). The van der Waals surface area contributed by atoms with Gasteiger partial charge in [0, 0.05) is 44.1 Å². The van der Waals surface area contributed by atoms with Gasteiger partial charge in [0.1, 0.15) is 35.5 Å². The number of amides is 4. The van der Waals surface area contributed by atoms with E-state index < -0.39 is 71.0 Å². The van der Waals surface area contributed by atoms with E-state index in [-0.39, 0.29) is 32.0 Å². The minimum absolute atomic E-state index is 0.0224. The number of piperazine rings is 1. The van der Waals surface area contributed by atoms with Crippen molar-refractivity contribution in [2.75, 3.05) is 49.2 Å². The number of nitrogens with one attached hydrogen (secondary N) is 1. The monoisotopic (exact) mass is 1020 g/mol. The van der Waals surface area contributed by atoms with Gasteiger partial charge in [-0.15, -0.1) is 0 Å². The number of esters is 1. The number of rotatable bonds is 10. The molecule has 7 unspecified atom stereocenters. The first-order chi connectivity index (χ1) is 37.1. The average molecular weight is 1020 g/mol. The maximum absolute atomic E-state index is 17.0. The normalized spacial score (nSPS) is 24.4. The van der Waals surface area contributed by atoms with Gasteiger partial charge in [0.2, 0.25) is 17.8 Å². The van der Waals surface area contributed by atoms with E-state index in [0.717, 1.165) is 41.7 Å². The van der Waals surface area contributed by atoms with Crippen LogP contribution < -0.4 is 19.9 Å². The van der Waals surface area contributed by atoms with Gasteiger partial charge in [0.05, 0.1) is 36.3 Å². The number of carbonyl (C=O) groups is 4. The van der Waals surface area contributed by atoms with E-state index in [1.165, 1.54) is 0 Å². The maximum Gasteiger partial charge on any atom is 0.329 e. The molecule has 1 saturated carbocycles. The molecule has 4 amide bonds. The van der Waals surface area contributed by atoms with Crippen molar-refractivity contribution >= 4 is 35.5 Å². The summed E-state index contributed by atoms with van der Waals surface area (Å²) < 4.78 is 12.8. The molecule has 11 rings (SSSR count). The van der Waals surface area contributed by atoms with E-state index in [0.29, 0.717) is 59.9 Å². The minimum atomic E-state index is -2.05. The number of fused-ring (bicyclic) bond motifs is 3. The fourth-order valence-electron chi connectivity index (χ4n) is 12.4. The summed E-state index contributed by atoms with van der Waals surface area (Å²) in [4.78, 5) is 80.5. The third-order valence-corrected chi connectivity index (χ3v) is 15.9. The number of imide groups is 1. The quantitative estimate of drug-likeness (QED) is 0.0691. The zero-order chi connectivity index (χ0) is 52.4. The lowest BCUT2D eigenvalue weighted by atomic mass is 9.64. The molecular formula is C61H61N7O8. The molecule has 3 saturated heterocycles. The van der Waals surface area contributed by atoms with Crippen LogP contribution in [0.15, 0.2) is 152 Å². The molecule has 5 aliphatic rings. The van der Waals surface area contributed by atoms with Gasteiger partial charge in [-0.1, -0.05) is 128 Å². The number of aliphatic hydroxyl groups is 2. The number of ether oxygens (including phenoxy) is 2. The number of cyclic esters (lactones) is 1. The molecule has 15 heteroatoms. The Labute approximate surface area is 442 Å². The highest BCUT2D eigenvalue weighted by atomic mass is 16.6. The van der Waals surface area contributed by atoms with Crippen molar-refractivity contribution in [2.24, 2.45) is 5.92 Å². The highest BCUT2D eigenvalue weighted by molar-refractivity contribution is 6.24. The summed E-state index contributed by atoms with van der Waals surface area (Å²) >= 11 is 0. The molecule has 4 fully saturated rings. The summed E-state index contributed by atoms with van der Waals surface area (Å²) in [5, 5.41) is 24.9. The van der Waals surface area contributed by atoms with Crippen LogP contribution in [0.5, 0.6) is 5.75 Å². The van der Waals surface area contributed by atoms with Gasteiger partial charge in [-0.2, -0.15) is 0 Å². The summed E-state index contributed by atoms with van der Waals surface area (Å²) in [5.41, 5.74) is 0.522. The van der Waals surface area contributed by atoms with E-state index in [1.54, 1.807) is 59.8 Å². The van der Waals surface area contributed by atoms with Crippen LogP contribution in [-0.2, 0) is 24.5 Å². The molecule has 0 bridgehead atoms. The summed E-state index contributed by atoms with van der Waals surface area (Å²) in [6, 6.07) is 38.1. The highest BCUT2D eigenvalue weighted by Gasteiger charge is 2.76. The average Bonchev–Trinajstić information content (AvgIpc) is 3.99. The van der Waals surface area contributed by atoms with E-state index in [4.69, 9.17) is 9.47 Å². The molecule has 6 aromatic rings. The first kappa shape index (κ1) is 50.3. The summed E-state index contributed by atoms with van der Waals surface area (Å²) in [6.45, 7) is 2.70. The molecule has 5 heterocycles. The Balaban J connectivity index is 1.17. The first-order valence-electron chi connectivity index (χ1n) is 26.4. The van der Waals surface area contributed by atoms with Crippen LogP contribution in [0.4, 0.5) is 16.4 Å². The molecule has 1 aliphatic carbocycles. The van der Waals surface area contributed by atoms with E-state index >= 15 is 19.2 Å². The molecule has 3 N–H and O–H groups in total. The second kappa shape index (κ2) is 21.4. The van der Waals surface area contributed by atoms with Crippen molar-refractivity contribution < 1.29 is 38.9 Å². The number of aliphatic hydroxyl groups excluding tert-OH is 1. The van der Waals surface area contributed by atoms with Gasteiger partial charge < -0.3 is 34.8 Å². The lowest BCUT2D eigenvalue weighted by Gasteiger charge is -2.46. The Morgan fingerprint density at radius 2 is 1.43 bits per heavy atom. The summed E-state index contributed by atoms with van der Waals surface area (Å²) in [7, 11) is 0. The lowest BCUT2D eigenvalue weighted by Crippen LogP contribution is -2.59. The number of carbonyl (C=O) groups excluding carboxylic acids is 4. The fraction of sp³-hybridized carbons (Fsp3) is 0.344. The zero-order valence-electron chi connectivity index (χ0n) is 42.4. The van der Waals surface area contributed by atoms with Crippen LogP contribution in [0.3, 0.4) is 0 Å². The van der Waals surface area contributed by atoms with Crippen molar-refractivity contribution in [3.8, 4) is 17.6 Å². The molecule has 5 aromatic carbocycles. The fourth-order valence-corrected chi connectivity index (χ4v) is 12.4. The Bertz CT molecular complexity index is 3140. The highest BCUT2D eigenvalue weighted by Crippen LogP contribution is 2.66. The van der Waals surface area contributed by atoms with Crippen LogP contribution in [0, 0.1) is 17.8 Å². The Kier molecular flexibility index (Phi) is 14.1. The van der Waals surface area contributed by atoms with Gasteiger partial charge in [0.25, 0.3) is 0 Å². The minimum Gasteiger partial charge on any atom is -0.491 e. The third-order valence-electron chi connectivity index (χ3n) is 15.9. The molecule has 388 valence electrons. The van der Waals surface area contributed by atoms with Gasteiger partial charge >= 0.3 is 12.0 Å². The van der Waals surface area contributed by atoms with Crippen LogP contribution in [-0.4, -0.2) is 105 Å². The summed E-state index contributed by atoms with van der Waals surface area (Å²) in [5.74, 6) is 4.02. The zero-order valence-corrected chi connectivity index (χ0v) is 42.4. The van der Waals surface area contributed by atoms with Crippen LogP contribution in [0.1, 0.15) is 103 Å². The lowest BCUT2D eigenvalue weighted by molar-refractivity contribution is -0.179. The van der Waals surface area contributed by atoms with Gasteiger partial charge in [-0.05, 0) is 96.8 Å². The Morgan fingerprint density at radius 1 is 0.776 bits per heavy atom. The second-order valence-corrected chi connectivity index (χ2v) is 20.4. The number of hydrogen-bond donors (Lipinski definition) is 3. The van der Waals surface area contributed by atoms with Crippen molar-refractivity contribution in [2.45, 2.75) is 86.7 Å². The maximum atomic E-state index is 17.0. The Morgan fingerprint density at radius 3 is 2.12 bits per heavy atom. The largest absolute Gasteiger partial charge is 0.491 e. The number of anilines is 2. The topological polar surface area (TPSA) is 178 Å². The van der Waals surface area contributed by atoms with Crippen molar-refractivity contribution in [1.29, 1.82) is 0 Å². The van der Waals surface area contributed by atoms with Crippen LogP contribution in [0.2, 0.25) is 0 Å². The van der Waals surface area contributed by atoms with Crippen LogP contribution in [0.25, 0.3) is 0 Å². The molecule has 15 nitrogen and oxygen atoms in total. The van der Waals surface area contributed by atoms with E-state index in [2.05, 4.69) is 27.1 Å². The molecule has 0 radical (unpaired) electrons. The van der Waals surface area contributed by atoms with Crippen LogP contribution >= 0.6 is 0 Å². The SMILES string of the molecule is CC(NC(=O)N1C(=O)C2(c3cc(C#CC4(O)CCCCCC4)ccc31)C(C(=O)N1CCN(c3ncccn3)CC1)C1C(=O)OC(c3ccccc3)C(c3ccccc3)N1C2c1cccc(OCCO)c1)c1ccccc1. The molecule has 4 aliphatic heterocycles. The second-order valence-electron chi connectivity index (χ2n) is 20.4. The smallest absolute Gasteiger partial charge is 0.329 e. The molecule has 7 atom stereocenters. The molecule has 1 spiro atoms.